The lowest BCUT2D eigenvalue weighted by Crippen LogP contribution is -2.51. The third kappa shape index (κ3) is 5.91. The minimum atomic E-state index is -0.628. The predicted octanol–water partition coefficient (Wildman–Crippen LogP) is 1.94. The van der Waals surface area contributed by atoms with Crippen LogP contribution in [0.15, 0.2) is 28.7 Å². The largest absolute Gasteiger partial charge is 0.491 e. The normalized spacial score (nSPS) is 15.1. The molecule has 1 rings (SSSR count). The number of nitrogens with one attached hydrogen (secondary N) is 1. The van der Waals surface area contributed by atoms with Gasteiger partial charge in [-0.3, -0.25) is 0 Å². The van der Waals surface area contributed by atoms with Gasteiger partial charge in [0.05, 0.1) is 6.10 Å². The Morgan fingerprint density at radius 2 is 2.05 bits per heavy atom. The maximum atomic E-state index is 9.84. The van der Waals surface area contributed by atoms with Crippen molar-refractivity contribution in [2.75, 3.05) is 13.2 Å². The Bertz CT molecular complexity index is 396. The van der Waals surface area contributed by atoms with Crippen LogP contribution < -0.4 is 10.1 Å². The highest BCUT2D eigenvalue weighted by Crippen LogP contribution is 2.17. The van der Waals surface area contributed by atoms with Crippen molar-refractivity contribution >= 4 is 15.9 Å². The van der Waals surface area contributed by atoms with Crippen LogP contribution >= 0.6 is 15.9 Å². The molecule has 3 N–H and O–H groups in total. The predicted molar refractivity (Wildman–Crippen MR) is 79.4 cm³/mol. The Labute approximate surface area is 122 Å². The van der Waals surface area contributed by atoms with Gasteiger partial charge in [-0.05, 0) is 39.0 Å². The van der Waals surface area contributed by atoms with Gasteiger partial charge < -0.3 is 20.3 Å². The summed E-state index contributed by atoms with van der Waals surface area (Å²) in [5.74, 6) is 0.711. The molecule has 1 aromatic carbocycles. The highest BCUT2D eigenvalue weighted by atomic mass is 79.9. The summed E-state index contributed by atoms with van der Waals surface area (Å²) in [6, 6.07) is 7.47. The van der Waals surface area contributed by atoms with E-state index in [-0.39, 0.29) is 6.61 Å². The Hall–Kier alpha value is -0.620. The van der Waals surface area contributed by atoms with E-state index in [9.17, 15) is 10.2 Å². The van der Waals surface area contributed by atoms with E-state index in [0.29, 0.717) is 12.3 Å². The van der Waals surface area contributed by atoms with E-state index in [2.05, 4.69) is 21.2 Å². The standard InChI is InChI=1S/C14H22BrNO3/c1-10(17)14(2,3)16-8-12(18)9-19-13-6-4-5-11(15)7-13/h4-7,10,12,16-18H,8-9H2,1-3H3. The molecule has 0 radical (unpaired) electrons. The van der Waals surface area contributed by atoms with Crippen molar-refractivity contribution in [1.29, 1.82) is 0 Å². The molecule has 5 heteroatoms. The lowest BCUT2D eigenvalue weighted by Gasteiger charge is -2.30. The number of aliphatic hydroxyl groups excluding tert-OH is 2. The number of halogens is 1. The number of rotatable bonds is 7. The van der Waals surface area contributed by atoms with Gasteiger partial charge in [0.15, 0.2) is 0 Å². The number of aliphatic hydroxyl groups is 2. The van der Waals surface area contributed by atoms with Crippen molar-refractivity contribution in [1.82, 2.24) is 5.32 Å². The zero-order valence-corrected chi connectivity index (χ0v) is 13.1. The summed E-state index contributed by atoms with van der Waals surface area (Å²) in [7, 11) is 0. The van der Waals surface area contributed by atoms with Gasteiger partial charge in [0.25, 0.3) is 0 Å². The number of β-amino-alcohol motifs (C(OH)–C–C–N with tert-alkyl or cyclic N) is 1. The maximum absolute atomic E-state index is 9.84. The van der Waals surface area contributed by atoms with Crippen molar-refractivity contribution in [2.24, 2.45) is 0 Å². The van der Waals surface area contributed by atoms with Crippen molar-refractivity contribution in [3.63, 3.8) is 0 Å². The molecule has 0 saturated heterocycles. The van der Waals surface area contributed by atoms with Crippen LogP contribution in [0, 0.1) is 0 Å². The van der Waals surface area contributed by atoms with Crippen LogP contribution in [0.1, 0.15) is 20.8 Å². The third-order valence-corrected chi connectivity index (χ3v) is 3.57. The molecule has 0 aliphatic carbocycles. The van der Waals surface area contributed by atoms with Crippen LogP contribution in [0.4, 0.5) is 0 Å². The first-order valence-corrected chi connectivity index (χ1v) is 7.10. The fraction of sp³-hybridized carbons (Fsp3) is 0.571. The number of benzene rings is 1. The number of hydrogen-bond donors (Lipinski definition) is 3. The summed E-state index contributed by atoms with van der Waals surface area (Å²) in [4.78, 5) is 0. The van der Waals surface area contributed by atoms with Crippen LogP contribution in [0.25, 0.3) is 0 Å². The lowest BCUT2D eigenvalue weighted by molar-refractivity contribution is 0.0648. The Balaban J connectivity index is 2.34. The highest BCUT2D eigenvalue weighted by Gasteiger charge is 2.24. The molecule has 0 saturated carbocycles. The monoisotopic (exact) mass is 331 g/mol. The van der Waals surface area contributed by atoms with E-state index in [0.717, 1.165) is 4.47 Å². The molecular weight excluding hydrogens is 310 g/mol. The average Bonchev–Trinajstić information content (AvgIpc) is 2.34. The van der Waals surface area contributed by atoms with Crippen LogP contribution in [-0.2, 0) is 0 Å². The summed E-state index contributed by atoms with van der Waals surface area (Å²) >= 11 is 3.36. The third-order valence-electron chi connectivity index (χ3n) is 3.08. The van der Waals surface area contributed by atoms with Gasteiger partial charge in [-0.25, -0.2) is 0 Å². The Morgan fingerprint density at radius 1 is 1.37 bits per heavy atom. The van der Waals surface area contributed by atoms with Gasteiger partial charge in [0.2, 0.25) is 0 Å². The summed E-state index contributed by atoms with van der Waals surface area (Å²) in [5.41, 5.74) is -0.434. The molecule has 0 aromatic heterocycles. The fourth-order valence-electron chi connectivity index (χ4n) is 1.34. The smallest absolute Gasteiger partial charge is 0.120 e. The first-order chi connectivity index (χ1) is 8.81. The van der Waals surface area contributed by atoms with Gasteiger partial charge in [-0.15, -0.1) is 0 Å². The molecule has 4 nitrogen and oxygen atoms in total. The summed E-state index contributed by atoms with van der Waals surface area (Å²) < 4.78 is 6.43. The SMILES string of the molecule is CC(O)C(C)(C)NCC(O)COc1cccc(Br)c1. The van der Waals surface area contributed by atoms with Crippen molar-refractivity contribution in [3.8, 4) is 5.75 Å². The molecule has 0 bridgehead atoms. The summed E-state index contributed by atoms with van der Waals surface area (Å²) in [6.45, 7) is 6.07. The molecule has 2 unspecified atom stereocenters. The Morgan fingerprint density at radius 3 is 2.63 bits per heavy atom. The second-order valence-electron chi connectivity index (χ2n) is 5.20. The minimum absolute atomic E-state index is 0.208. The fourth-order valence-corrected chi connectivity index (χ4v) is 1.71. The molecule has 108 valence electrons. The van der Waals surface area contributed by atoms with Gasteiger partial charge in [0, 0.05) is 16.6 Å². The minimum Gasteiger partial charge on any atom is -0.491 e. The first-order valence-electron chi connectivity index (χ1n) is 6.31. The van der Waals surface area contributed by atoms with Crippen LogP contribution in [0.3, 0.4) is 0 Å². The van der Waals surface area contributed by atoms with Gasteiger partial charge in [-0.1, -0.05) is 22.0 Å². The lowest BCUT2D eigenvalue weighted by atomic mass is 9.99. The Kier molecular flexibility index (Phi) is 6.26. The van der Waals surface area contributed by atoms with Gasteiger partial charge >= 0.3 is 0 Å². The van der Waals surface area contributed by atoms with E-state index < -0.39 is 17.7 Å². The molecule has 0 aliphatic heterocycles. The van der Waals surface area contributed by atoms with Crippen molar-refractivity contribution in [3.05, 3.63) is 28.7 Å². The summed E-state index contributed by atoms with van der Waals surface area (Å²) in [5, 5.41) is 22.5. The molecule has 0 aliphatic rings. The van der Waals surface area contributed by atoms with E-state index in [1.807, 2.05) is 38.1 Å². The maximum Gasteiger partial charge on any atom is 0.120 e. The van der Waals surface area contributed by atoms with Crippen LogP contribution in [0.2, 0.25) is 0 Å². The molecule has 19 heavy (non-hydrogen) atoms. The average molecular weight is 332 g/mol. The van der Waals surface area contributed by atoms with Crippen molar-refractivity contribution < 1.29 is 14.9 Å². The second-order valence-corrected chi connectivity index (χ2v) is 6.12. The second kappa shape index (κ2) is 7.24. The summed E-state index contributed by atoms with van der Waals surface area (Å²) in [6.07, 6.45) is -1.12. The molecular formula is C14H22BrNO3. The van der Waals surface area contributed by atoms with E-state index in [4.69, 9.17) is 4.74 Å². The molecule has 1 aromatic rings. The molecule has 0 heterocycles. The molecule has 0 spiro atoms. The van der Waals surface area contributed by atoms with Crippen LogP contribution in [0.5, 0.6) is 5.75 Å². The number of ether oxygens (including phenoxy) is 1. The van der Waals surface area contributed by atoms with Gasteiger partial charge in [0.1, 0.15) is 18.5 Å². The molecule has 0 fully saturated rings. The zero-order chi connectivity index (χ0) is 14.5. The van der Waals surface area contributed by atoms with E-state index >= 15 is 0 Å². The highest BCUT2D eigenvalue weighted by molar-refractivity contribution is 9.10. The van der Waals surface area contributed by atoms with E-state index in [1.165, 1.54) is 0 Å². The topological polar surface area (TPSA) is 61.7 Å². The van der Waals surface area contributed by atoms with Crippen molar-refractivity contribution in [2.45, 2.75) is 38.5 Å². The molecule has 0 amide bonds. The number of hydrogen-bond acceptors (Lipinski definition) is 4. The quantitative estimate of drug-likeness (QED) is 0.714. The van der Waals surface area contributed by atoms with E-state index in [1.54, 1.807) is 6.92 Å². The zero-order valence-electron chi connectivity index (χ0n) is 11.6. The first kappa shape index (κ1) is 16.4. The van der Waals surface area contributed by atoms with Crippen LogP contribution in [-0.4, -0.2) is 41.1 Å². The van der Waals surface area contributed by atoms with Gasteiger partial charge in [-0.2, -0.15) is 0 Å². The molecule has 2 atom stereocenters.